The Balaban J connectivity index is 2.85. The number of hydrogen-bond acceptors (Lipinski definition) is 2. The van der Waals surface area contributed by atoms with Gasteiger partial charge in [-0.25, -0.2) is 0 Å². The lowest BCUT2D eigenvalue weighted by atomic mass is 10.2. The Bertz CT molecular complexity index is 102. The Kier molecular flexibility index (Phi) is 10.9. The molecule has 0 radical (unpaired) electrons. The molecule has 0 saturated heterocycles. The van der Waals surface area contributed by atoms with Gasteiger partial charge in [-0.3, -0.25) is 0 Å². The normalized spacial score (nSPS) is 11.1. The summed E-state index contributed by atoms with van der Waals surface area (Å²) < 4.78 is 10.9. The molecule has 0 saturated carbocycles. The second-order valence-electron chi connectivity index (χ2n) is 3.95. The molecule has 0 heterocycles. The minimum Gasteiger partial charge on any atom is -0.381 e. The van der Waals surface area contributed by atoms with Crippen molar-refractivity contribution in [3.05, 3.63) is 0 Å². The van der Waals surface area contributed by atoms with Crippen LogP contribution in [0.2, 0.25) is 0 Å². The zero-order valence-corrected chi connectivity index (χ0v) is 10.1. The van der Waals surface area contributed by atoms with Gasteiger partial charge >= 0.3 is 0 Å². The van der Waals surface area contributed by atoms with Gasteiger partial charge in [0.2, 0.25) is 0 Å². The molecule has 0 fully saturated rings. The molecule has 0 aromatic heterocycles. The third-order valence-corrected chi connectivity index (χ3v) is 1.98. The van der Waals surface area contributed by atoms with Crippen molar-refractivity contribution in [2.45, 2.75) is 59.0 Å². The van der Waals surface area contributed by atoms with Gasteiger partial charge < -0.3 is 9.47 Å². The fourth-order valence-electron chi connectivity index (χ4n) is 1.23. The van der Waals surface area contributed by atoms with Crippen molar-refractivity contribution in [1.29, 1.82) is 0 Å². The van der Waals surface area contributed by atoms with Gasteiger partial charge in [-0.2, -0.15) is 0 Å². The molecule has 0 unspecified atom stereocenters. The standard InChI is InChI=1S/C12H26O2/c1-4-9-13-10-7-5-6-8-11-14-12(2)3/h12H,4-11H2,1-3H3. The van der Waals surface area contributed by atoms with Gasteiger partial charge in [-0.15, -0.1) is 0 Å². The van der Waals surface area contributed by atoms with Crippen LogP contribution in [-0.4, -0.2) is 25.9 Å². The predicted octanol–water partition coefficient (Wildman–Crippen LogP) is 3.40. The highest BCUT2D eigenvalue weighted by Gasteiger charge is 1.93. The van der Waals surface area contributed by atoms with E-state index in [0.29, 0.717) is 6.10 Å². The van der Waals surface area contributed by atoms with Gasteiger partial charge in [-0.05, 0) is 33.1 Å². The minimum atomic E-state index is 0.378. The van der Waals surface area contributed by atoms with Crippen molar-refractivity contribution in [3.8, 4) is 0 Å². The van der Waals surface area contributed by atoms with E-state index in [4.69, 9.17) is 9.47 Å². The molecule has 86 valence electrons. The van der Waals surface area contributed by atoms with E-state index in [1.165, 1.54) is 25.7 Å². The van der Waals surface area contributed by atoms with Crippen LogP contribution in [0.5, 0.6) is 0 Å². The lowest BCUT2D eigenvalue weighted by molar-refractivity contribution is 0.0748. The number of unbranched alkanes of at least 4 members (excludes halogenated alkanes) is 3. The van der Waals surface area contributed by atoms with Crippen molar-refractivity contribution in [3.63, 3.8) is 0 Å². The average Bonchev–Trinajstić information content (AvgIpc) is 2.15. The SMILES string of the molecule is CCCOCCCCCCOC(C)C. The van der Waals surface area contributed by atoms with Crippen LogP contribution in [0.4, 0.5) is 0 Å². The first-order valence-electron chi connectivity index (χ1n) is 5.96. The molecule has 2 nitrogen and oxygen atoms in total. The first kappa shape index (κ1) is 13.9. The largest absolute Gasteiger partial charge is 0.381 e. The van der Waals surface area contributed by atoms with Gasteiger partial charge in [0.1, 0.15) is 0 Å². The molecule has 0 aromatic carbocycles. The van der Waals surface area contributed by atoms with E-state index < -0.39 is 0 Å². The summed E-state index contributed by atoms with van der Waals surface area (Å²) in [6.07, 6.45) is 6.42. The monoisotopic (exact) mass is 202 g/mol. The molecule has 2 heteroatoms. The molecule has 0 rings (SSSR count). The molecule has 0 aliphatic carbocycles. The molecule has 0 bridgehead atoms. The minimum absolute atomic E-state index is 0.378. The summed E-state index contributed by atoms with van der Waals surface area (Å²) in [5, 5.41) is 0. The molecular weight excluding hydrogens is 176 g/mol. The van der Waals surface area contributed by atoms with Crippen molar-refractivity contribution in [2.24, 2.45) is 0 Å². The van der Waals surface area contributed by atoms with Crippen molar-refractivity contribution in [1.82, 2.24) is 0 Å². The Hall–Kier alpha value is -0.0800. The number of rotatable bonds is 10. The smallest absolute Gasteiger partial charge is 0.0518 e. The summed E-state index contributed by atoms with van der Waals surface area (Å²) in [6.45, 7) is 9.06. The van der Waals surface area contributed by atoms with Crippen LogP contribution in [0.25, 0.3) is 0 Å². The van der Waals surface area contributed by atoms with Crippen molar-refractivity contribution in [2.75, 3.05) is 19.8 Å². The summed E-state index contributed by atoms with van der Waals surface area (Å²) in [4.78, 5) is 0. The fourth-order valence-corrected chi connectivity index (χ4v) is 1.23. The molecule has 0 aromatic rings. The molecule has 0 amide bonds. The molecular formula is C12H26O2. The quantitative estimate of drug-likeness (QED) is 0.505. The third kappa shape index (κ3) is 11.9. The zero-order valence-electron chi connectivity index (χ0n) is 10.1. The van der Waals surface area contributed by atoms with Gasteiger partial charge in [0.15, 0.2) is 0 Å². The highest BCUT2D eigenvalue weighted by molar-refractivity contribution is 4.44. The van der Waals surface area contributed by atoms with Crippen molar-refractivity contribution < 1.29 is 9.47 Å². The van der Waals surface area contributed by atoms with Crippen LogP contribution in [0.1, 0.15) is 52.9 Å². The van der Waals surface area contributed by atoms with E-state index in [-0.39, 0.29) is 0 Å². The van der Waals surface area contributed by atoms with E-state index in [1.54, 1.807) is 0 Å². The maximum atomic E-state index is 5.46. The second kappa shape index (κ2) is 11.0. The van der Waals surface area contributed by atoms with Gasteiger partial charge in [-0.1, -0.05) is 19.8 Å². The summed E-state index contributed by atoms with van der Waals surface area (Å²) in [5.74, 6) is 0. The third-order valence-electron chi connectivity index (χ3n) is 1.98. The van der Waals surface area contributed by atoms with Crippen LogP contribution in [0, 0.1) is 0 Å². The van der Waals surface area contributed by atoms with E-state index in [9.17, 15) is 0 Å². The Morgan fingerprint density at radius 2 is 1.50 bits per heavy atom. The van der Waals surface area contributed by atoms with Gasteiger partial charge in [0, 0.05) is 19.8 Å². The molecule has 0 aliphatic rings. The van der Waals surface area contributed by atoms with Crippen LogP contribution in [-0.2, 0) is 9.47 Å². The summed E-state index contributed by atoms with van der Waals surface area (Å²) in [5.41, 5.74) is 0. The Morgan fingerprint density at radius 3 is 2.07 bits per heavy atom. The lowest BCUT2D eigenvalue weighted by Gasteiger charge is -2.06. The maximum absolute atomic E-state index is 5.46. The highest BCUT2D eigenvalue weighted by atomic mass is 16.5. The van der Waals surface area contributed by atoms with E-state index >= 15 is 0 Å². The Morgan fingerprint density at radius 1 is 0.857 bits per heavy atom. The first-order valence-corrected chi connectivity index (χ1v) is 5.96. The van der Waals surface area contributed by atoms with Crippen LogP contribution in [0.3, 0.4) is 0 Å². The van der Waals surface area contributed by atoms with E-state index in [2.05, 4.69) is 20.8 Å². The molecule has 0 aliphatic heterocycles. The highest BCUT2D eigenvalue weighted by Crippen LogP contribution is 2.01. The van der Waals surface area contributed by atoms with E-state index in [0.717, 1.165) is 26.2 Å². The maximum Gasteiger partial charge on any atom is 0.0518 e. The van der Waals surface area contributed by atoms with Crippen LogP contribution < -0.4 is 0 Å². The van der Waals surface area contributed by atoms with Crippen molar-refractivity contribution >= 4 is 0 Å². The fraction of sp³-hybridized carbons (Fsp3) is 1.00. The van der Waals surface area contributed by atoms with Gasteiger partial charge in [0.25, 0.3) is 0 Å². The average molecular weight is 202 g/mol. The second-order valence-corrected chi connectivity index (χ2v) is 3.95. The van der Waals surface area contributed by atoms with Gasteiger partial charge in [0.05, 0.1) is 6.10 Å². The van der Waals surface area contributed by atoms with Crippen LogP contribution in [0.15, 0.2) is 0 Å². The lowest BCUT2D eigenvalue weighted by Crippen LogP contribution is -2.03. The number of hydrogen-bond donors (Lipinski definition) is 0. The number of ether oxygens (including phenoxy) is 2. The molecule has 0 atom stereocenters. The summed E-state index contributed by atoms with van der Waals surface area (Å²) >= 11 is 0. The summed E-state index contributed by atoms with van der Waals surface area (Å²) in [6, 6.07) is 0. The molecule has 0 N–H and O–H groups in total. The Labute approximate surface area is 89.0 Å². The van der Waals surface area contributed by atoms with Crippen LogP contribution >= 0.6 is 0 Å². The molecule has 0 spiro atoms. The predicted molar refractivity (Wildman–Crippen MR) is 60.7 cm³/mol. The molecule has 14 heavy (non-hydrogen) atoms. The van der Waals surface area contributed by atoms with E-state index in [1.807, 2.05) is 0 Å². The summed E-state index contributed by atoms with van der Waals surface area (Å²) in [7, 11) is 0. The first-order chi connectivity index (χ1) is 6.77. The topological polar surface area (TPSA) is 18.5 Å². The zero-order chi connectivity index (χ0) is 10.6.